The van der Waals surface area contributed by atoms with Crippen LogP contribution in [0.1, 0.15) is 26.7 Å². The summed E-state index contributed by atoms with van der Waals surface area (Å²) in [6, 6.07) is 0. The third-order valence-corrected chi connectivity index (χ3v) is 7.61. The van der Waals surface area contributed by atoms with Crippen LogP contribution in [-0.2, 0) is 23.8 Å². The highest BCUT2D eigenvalue weighted by molar-refractivity contribution is 7.87. The molecule has 0 aliphatic heterocycles. The summed E-state index contributed by atoms with van der Waals surface area (Å²) in [6.07, 6.45) is -27.8. The second-order valence-electron chi connectivity index (χ2n) is 10.2. The Hall–Kier alpha value is -2.20. The minimum atomic E-state index is -9.82. The van der Waals surface area contributed by atoms with Gasteiger partial charge in [0.05, 0.1) is 0 Å². The van der Waals surface area contributed by atoms with Gasteiger partial charge in [0.2, 0.25) is 0 Å². The van der Waals surface area contributed by atoms with Crippen LogP contribution in [-0.4, -0.2) is 104 Å². The number of hydrogen-bond donors (Lipinski definition) is 0. The van der Waals surface area contributed by atoms with E-state index >= 15 is 0 Å². The van der Waals surface area contributed by atoms with Gasteiger partial charge in [0.15, 0.2) is 6.29 Å². The quantitative estimate of drug-likeness (QED) is 0.0527. The molecular formula is C20H13F29O5S. The maximum Gasteiger partial charge on any atom is 0.460 e. The molecule has 0 saturated carbocycles. The average Bonchev–Trinajstić information content (AvgIpc) is 2.94. The summed E-state index contributed by atoms with van der Waals surface area (Å²) in [6.45, 7) is 0.503. The topological polar surface area (TPSA) is 61.8 Å². The van der Waals surface area contributed by atoms with Crippen molar-refractivity contribution in [2.75, 3.05) is 6.61 Å². The minimum absolute atomic E-state index is 0.0384. The first-order chi connectivity index (χ1) is 23.4. The van der Waals surface area contributed by atoms with Gasteiger partial charge in [-0.15, -0.1) is 0 Å². The van der Waals surface area contributed by atoms with E-state index in [4.69, 9.17) is 0 Å². The van der Waals surface area contributed by atoms with E-state index in [9.17, 15) is 136 Å². The molecule has 1 unspecified atom stereocenters. The van der Waals surface area contributed by atoms with Crippen molar-refractivity contribution < 1.29 is 149 Å². The van der Waals surface area contributed by atoms with Gasteiger partial charge in [-0.05, 0) is 13.3 Å². The lowest BCUT2D eigenvalue weighted by molar-refractivity contribution is -0.491. The van der Waals surface area contributed by atoms with Crippen LogP contribution in [0.2, 0.25) is 0 Å². The second kappa shape index (κ2) is 14.3. The van der Waals surface area contributed by atoms with Gasteiger partial charge in [-0.1, -0.05) is 13.3 Å². The highest BCUT2D eigenvalue weighted by Gasteiger charge is 2.98. The maximum atomic E-state index is 14.0. The fourth-order valence-electron chi connectivity index (χ4n) is 3.02. The van der Waals surface area contributed by atoms with Gasteiger partial charge in [-0.3, -0.25) is 4.74 Å². The SMILES string of the molecule is CCCCOC(C)OC(F)(F)C(F)(F)C(F)(F)C(F)(F)C(F)(F)C(F)(F)C(F)(F)C(F)(F)C(F)(F)C(F)(F)OS(=O)(=O)C(F)(F)C(F)(F)C(F)(F)C(F)(F)F. The molecule has 0 aromatic carbocycles. The maximum absolute atomic E-state index is 14.0. The number of unbranched alkanes of at least 4 members (excludes halogenated alkanes) is 1. The number of halogens is 29. The standard InChI is InChI=1S/C20H13F29O5S/c1-3-4-5-52-6(2)53-18(44,45)14(35,36)11(29,30)9(25,26)7(21,22)8(23,24)10(27,28)12(31,32)15(37,38)19(46,47)54-55(50,51)20(48,49)16(39,40)13(33,34)17(41,42)43/h6H,3-5H2,1-2H3. The molecule has 0 aliphatic carbocycles. The molecule has 0 aromatic rings. The summed E-state index contributed by atoms with van der Waals surface area (Å²) in [5, 5.41) is -8.81. The van der Waals surface area contributed by atoms with Crippen molar-refractivity contribution >= 4 is 10.1 Å². The number of hydrogen-bond acceptors (Lipinski definition) is 5. The average molecular weight is 916 g/mol. The predicted molar refractivity (Wildman–Crippen MR) is 112 cm³/mol. The van der Waals surface area contributed by atoms with Crippen molar-refractivity contribution in [3.8, 4) is 0 Å². The highest BCUT2D eigenvalue weighted by atomic mass is 32.2. The lowest BCUT2D eigenvalue weighted by atomic mass is 9.87. The molecule has 0 aliphatic rings. The summed E-state index contributed by atoms with van der Waals surface area (Å²) < 4.78 is 423. The Morgan fingerprint density at radius 1 is 0.436 bits per heavy atom. The molecule has 35 heteroatoms. The second-order valence-corrected chi connectivity index (χ2v) is 11.8. The van der Waals surface area contributed by atoms with E-state index in [0.717, 1.165) is 4.18 Å². The van der Waals surface area contributed by atoms with Crippen LogP contribution in [0, 0.1) is 0 Å². The number of alkyl halides is 29. The first kappa shape index (κ1) is 52.8. The van der Waals surface area contributed by atoms with Crippen LogP contribution >= 0.6 is 0 Å². The van der Waals surface area contributed by atoms with E-state index in [1.807, 2.05) is 0 Å². The first-order valence-corrected chi connectivity index (χ1v) is 14.0. The molecule has 0 amide bonds. The molecule has 0 fully saturated rings. The molecule has 0 rings (SSSR count). The summed E-state index contributed by atoms with van der Waals surface area (Å²) in [7, 11) is -9.66. The van der Waals surface area contributed by atoms with Gasteiger partial charge in [-0.25, -0.2) is 0 Å². The van der Waals surface area contributed by atoms with E-state index in [1.165, 1.54) is 6.92 Å². The van der Waals surface area contributed by atoms with E-state index in [1.54, 1.807) is 0 Å². The highest BCUT2D eigenvalue weighted by Crippen LogP contribution is 2.67. The Labute approximate surface area is 283 Å². The molecule has 0 saturated heterocycles. The molecule has 0 radical (unpaired) electrons. The van der Waals surface area contributed by atoms with E-state index in [0.29, 0.717) is 0 Å². The largest absolute Gasteiger partial charge is 0.460 e. The Bertz CT molecular complexity index is 1450. The van der Waals surface area contributed by atoms with E-state index in [-0.39, 0.29) is 19.8 Å². The van der Waals surface area contributed by atoms with Crippen molar-refractivity contribution in [2.45, 2.75) is 116 Å². The van der Waals surface area contributed by atoms with Gasteiger partial charge in [0.25, 0.3) is 0 Å². The third-order valence-electron chi connectivity index (χ3n) is 6.30. The van der Waals surface area contributed by atoms with Crippen molar-refractivity contribution in [1.29, 1.82) is 0 Å². The van der Waals surface area contributed by atoms with Gasteiger partial charge in [-0.2, -0.15) is 140 Å². The summed E-state index contributed by atoms with van der Waals surface area (Å²) in [5.74, 6) is -92.9. The van der Waals surface area contributed by atoms with E-state index < -0.39 is 106 Å². The van der Waals surface area contributed by atoms with Crippen LogP contribution in [0.5, 0.6) is 0 Å². The Balaban J connectivity index is 7.28. The van der Waals surface area contributed by atoms with E-state index in [2.05, 4.69) is 9.47 Å². The molecule has 0 spiro atoms. The summed E-state index contributed by atoms with van der Waals surface area (Å²) in [5.41, 5.74) is 0. The zero-order valence-electron chi connectivity index (χ0n) is 25.1. The Morgan fingerprint density at radius 3 is 1.02 bits per heavy atom. The first-order valence-electron chi connectivity index (χ1n) is 12.6. The van der Waals surface area contributed by atoms with Crippen molar-refractivity contribution in [3.05, 3.63) is 0 Å². The Morgan fingerprint density at radius 2 is 0.727 bits per heavy atom. The fourth-order valence-corrected chi connectivity index (χ4v) is 3.95. The molecule has 0 aromatic heterocycles. The summed E-state index contributed by atoms with van der Waals surface area (Å²) >= 11 is 0. The molecule has 5 nitrogen and oxygen atoms in total. The van der Waals surface area contributed by atoms with Crippen LogP contribution in [0.3, 0.4) is 0 Å². The number of rotatable bonds is 20. The fraction of sp³-hybridized carbons (Fsp3) is 1.00. The number of ether oxygens (including phenoxy) is 2. The summed E-state index contributed by atoms with van der Waals surface area (Å²) in [4.78, 5) is 0. The normalized spacial score (nSPS) is 17.1. The monoisotopic (exact) mass is 916 g/mol. The smallest absolute Gasteiger partial charge is 0.353 e. The van der Waals surface area contributed by atoms with Crippen LogP contribution in [0.4, 0.5) is 127 Å². The zero-order chi connectivity index (χ0) is 45.3. The van der Waals surface area contributed by atoms with Gasteiger partial charge in [0.1, 0.15) is 0 Å². The molecule has 55 heavy (non-hydrogen) atoms. The molecular weight excluding hydrogens is 903 g/mol. The zero-order valence-corrected chi connectivity index (χ0v) is 25.9. The molecule has 0 bridgehead atoms. The lowest BCUT2D eigenvalue weighted by Crippen LogP contribution is -2.77. The van der Waals surface area contributed by atoms with Gasteiger partial charge in [0, 0.05) is 6.61 Å². The van der Waals surface area contributed by atoms with Crippen molar-refractivity contribution in [1.82, 2.24) is 0 Å². The third kappa shape index (κ3) is 7.51. The molecule has 0 heterocycles. The minimum Gasteiger partial charge on any atom is -0.353 e. The molecule has 0 N–H and O–H groups in total. The lowest BCUT2D eigenvalue weighted by Gasteiger charge is -2.44. The van der Waals surface area contributed by atoms with Crippen LogP contribution < -0.4 is 0 Å². The van der Waals surface area contributed by atoms with Gasteiger partial charge < -0.3 is 4.74 Å². The van der Waals surface area contributed by atoms with Gasteiger partial charge >= 0.3 is 93.0 Å². The molecule has 1 atom stereocenters. The predicted octanol–water partition coefficient (Wildman–Crippen LogP) is 10.2. The van der Waals surface area contributed by atoms with Crippen LogP contribution in [0.15, 0.2) is 0 Å². The van der Waals surface area contributed by atoms with Crippen molar-refractivity contribution in [2.24, 2.45) is 0 Å². The van der Waals surface area contributed by atoms with Crippen LogP contribution in [0.25, 0.3) is 0 Å². The molecule has 332 valence electrons. The Kier molecular flexibility index (Phi) is 13.7. The van der Waals surface area contributed by atoms with Crippen molar-refractivity contribution in [3.63, 3.8) is 0 Å².